The van der Waals surface area contributed by atoms with Gasteiger partial charge in [0.2, 0.25) is 0 Å². The Morgan fingerprint density at radius 3 is 2.73 bits per heavy atom. The van der Waals surface area contributed by atoms with Crippen molar-refractivity contribution in [3.8, 4) is 0 Å². The number of hydrogen-bond donors (Lipinski definition) is 0. The van der Waals surface area contributed by atoms with Crippen molar-refractivity contribution in [2.45, 2.75) is 30.9 Å². The summed E-state index contributed by atoms with van der Waals surface area (Å²) in [6.07, 6.45) is 2.62. The van der Waals surface area contributed by atoms with Gasteiger partial charge < -0.3 is 0 Å². The Morgan fingerprint density at radius 2 is 2.07 bits per heavy atom. The summed E-state index contributed by atoms with van der Waals surface area (Å²) in [5.74, 6) is 2.08. The minimum Gasteiger partial charge on any atom is -0.152 e. The summed E-state index contributed by atoms with van der Waals surface area (Å²) < 4.78 is 0. The number of thioether (sulfide) groups is 1. The minimum atomic E-state index is 0.661. The number of rotatable bonds is 3. The predicted molar refractivity (Wildman–Crippen MR) is 73.1 cm³/mol. The molecule has 82 valence electrons. The van der Waals surface area contributed by atoms with E-state index in [0.717, 1.165) is 11.2 Å². The normalized spacial score (nSPS) is 24.9. The van der Waals surface area contributed by atoms with Gasteiger partial charge in [-0.2, -0.15) is 11.8 Å². The maximum Gasteiger partial charge on any atom is 0.0397 e. The van der Waals surface area contributed by atoms with Gasteiger partial charge in [-0.05, 0) is 23.5 Å². The van der Waals surface area contributed by atoms with Gasteiger partial charge in [0.15, 0.2) is 0 Å². The van der Waals surface area contributed by atoms with Gasteiger partial charge in [0, 0.05) is 16.3 Å². The number of alkyl halides is 1. The first-order valence-electron chi connectivity index (χ1n) is 5.63. The van der Waals surface area contributed by atoms with Gasteiger partial charge in [-0.25, -0.2) is 0 Å². The van der Waals surface area contributed by atoms with Crippen molar-refractivity contribution >= 4 is 27.7 Å². The van der Waals surface area contributed by atoms with Crippen molar-refractivity contribution in [1.82, 2.24) is 0 Å². The van der Waals surface area contributed by atoms with Gasteiger partial charge in [0.25, 0.3) is 0 Å². The summed E-state index contributed by atoms with van der Waals surface area (Å²) >= 11 is 5.73. The number of benzene rings is 1. The van der Waals surface area contributed by atoms with Crippen LogP contribution in [-0.4, -0.2) is 11.1 Å². The van der Waals surface area contributed by atoms with Crippen LogP contribution in [-0.2, 0) is 0 Å². The molecule has 0 amide bonds. The van der Waals surface area contributed by atoms with Crippen molar-refractivity contribution in [2.75, 3.05) is 11.1 Å². The van der Waals surface area contributed by atoms with Gasteiger partial charge in [0.05, 0.1) is 0 Å². The lowest BCUT2D eigenvalue weighted by atomic mass is 9.90. The fraction of sp³-hybridized carbons (Fsp3) is 0.538. The van der Waals surface area contributed by atoms with Crippen LogP contribution >= 0.6 is 27.7 Å². The second-order valence-corrected chi connectivity index (χ2v) is 5.97. The van der Waals surface area contributed by atoms with Gasteiger partial charge in [0.1, 0.15) is 0 Å². The van der Waals surface area contributed by atoms with Crippen LogP contribution in [0.15, 0.2) is 24.3 Å². The van der Waals surface area contributed by atoms with Crippen molar-refractivity contribution in [3.05, 3.63) is 35.4 Å². The van der Waals surface area contributed by atoms with Crippen LogP contribution in [0.4, 0.5) is 0 Å². The quantitative estimate of drug-likeness (QED) is 0.722. The van der Waals surface area contributed by atoms with E-state index in [1.165, 1.54) is 18.6 Å². The average Bonchev–Trinajstić information content (AvgIpc) is 2.30. The molecule has 0 radical (unpaired) electrons. The van der Waals surface area contributed by atoms with Crippen molar-refractivity contribution in [2.24, 2.45) is 0 Å². The van der Waals surface area contributed by atoms with E-state index in [1.807, 2.05) is 0 Å². The highest BCUT2D eigenvalue weighted by molar-refractivity contribution is 9.09. The van der Waals surface area contributed by atoms with Gasteiger partial charge in [-0.3, -0.25) is 0 Å². The van der Waals surface area contributed by atoms with E-state index in [0.29, 0.717) is 5.25 Å². The molecule has 0 saturated heterocycles. The predicted octanol–water partition coefficient (Wildman–Crippen LogP) is 4.75. The smallest absolute Gasteiger partial charge is 0.0397 e. The first-order chi connectivity index (χ1) is 7.36. The Hall–Kier alpha value is 0.0500. The van der Waals surface area contributed by atoms with E-state index in [1.54, 1.807) is 11.1 Å². The van der Waals surface area contributed by atoms with Gasteiger partial charge in [-0.1, -0.05) is 53.5 Å². The summed E-state index contributed by atoms with van der Waals surface area (Å²) in [4.78, 5) is 0. The molecule has 1 aliphatic heterocycles. The van der Waals surface area contributed by atoms with E-state index in [-0.39, 0.29) is 0 Å². The van der Waals surface area contributed by atoms with Crippen molar-refractivity contribution in [1.29, 1.82) is 0 Å². The van der Waals surface area contributed by atoms with E-state index < -0.39 is 0 Å². The van der Waals surface area contributed by atoms with Crippen molar-refractivity contribution < 1.29 is 0 Å². The molecule has 2 rings (SSSR count). The molecule has 1 heterocycles. The first-order valence-corrected chi connectivity index (χ1v) is 7.80. The zero-order valence-electron chi connectivity index (χ0n) is 9.08. The first kappa shape index (κ1) is 11.5. The molecular weight excluding hydrogens is 268 g/mol. The zero-order valence-corrected chi connectivity index (χ0v) is 11.5. The summed E-state index contributed by atoms with van der Waals surface area (Å²) in [5.41, 5.74) is 3.16. The fourth-order valence-corrected chi connectivity index (χ4v) is 4.51. The average molecular weight is 285 g/mol. The maximum atomic E-state index is 3.62. The highest BCUT2D eigenvalue weighted by Crippen LogP contribution is 2.44. The Bertz CT molecular complexity index is 324. The van der Waals surface area contributed by atoms with Gasteiger partial charge in [-0.15, -0.1) is 0 Å². The molecule has 0 spiro atoms. The molecule has 0 bridgehead atoms. The van der Waals surface area contributed by atoms with Crippen molar-refractivity contribution in [3.63, 3.8) is 0 Å². The highest BCUT2D eigenvalue weighted by Gasteiger charge is 2.25. The van der Waals surface area contributed by atoms with Gasteiger partial charge >= 0.3 is 0 Å². The van der Waals surface area contributed by atoms with Crippen LogP contribution in [0.2, 0.25) is 0 Å². The lowest BCUT2D eigenvalue weighted by Gasteiger charge is -2.30. The van der Waals surface area contributed by atoms with E-state index in [4.69, 9.17) is 0 Å². The van der Waals surface area contributed by atoms with Crippen LogP contribution < -0.4 is 0 Å². The molecule has 0 aliphatic carbocycles. The van der Waals surface area contributed by atoms with Crippen LogP contribution in [0.5, 0.6) is 0 Å². The van der Waals surface area contributed by atoms with Crippen LogP contribution in [0.1, 0.15) is 42.1 Å². The Kier molecular flexibility index (Phi) is 4.15. The number of fused-ring (bicyclic) bond motifs is 1. The maximum absolute atomic E-state index is 3.62. The standard InChI is InChI=1S/C13H17BrS/c1-2-5-10-9-15-13(8-14)12-7-4-3-6-11(10)12/h3-4,6-7,10,13H,2,5,8-9H2,1H3. The lowest BCUT2D eigenvalue weighted by Crippen LogP contribution is -2.14. The second-order valence-electron chi connectivity index (χ2n) is 4.09. The Morgan fingerprint density at radius 1 is 1.33 bits per heavy atom. The number of hydrogen-bond acceptors (Lipinski definition) is 1. The molecule has 0 nitrogen and oxygen atoms in total. The van der Waals surface area contributed by atoms with E-state index in [2.05, 4.69) is 58.9 Å². The van der Waals surface area contributed by atoms with Crippen LogP contribution in [0.3, 0.4) is 0 Å². The molecule has 0 saturated carbocycles. The fourth-order valence-electron chi connectivity index (χ4n) is 2.30. The SMILES string of the molecule is CCCC1CSC(CBr)c2ccccc21. The largest absolute Gasteiger partial charge is 0.152 e. The lowest BCUT2D eigenvalue weighted by molar-refractivity contribution is 0.658. The molecule has 2 atom stereocenters. The van der Waals surface area contributed by atoms with Crippen LogP contribution in [0.25, 0.3) is 0 Å². The zero-order chi connectivity index (χ0) is 10.7. The minimum absolute atomic E-state index is 0.661. The molecule has 1 aliphatic rings. The molecule has 1 aromatic carbocycles. The molecule has 0 N–H and O–H groups in total. The molecule has 1 aromatic rings. The Labute approximate surface area is 105 Å². The molecule has 15 heavy (non-hydrogen) atoms. The van der Waals surface area contributed by atoms with E-state index in [9.17, 15) is 0 Å². The molecule has 0 aromatic heterocycles. The summed E-state index contributed by atoms with van der Waals surface area (Å²) in [7, 11) is 0. The third-order valence-corrected chi connectivity index (χ3v) is 5.55. The third kappa shape index (κ3) is 2.42. The Balaban J connectivity index is 2.30. The third-order valence-electron chi connectivity index (χ3n) is 3.06. The second kappa shape index (κ2) is 5.40. The summed E-state index contributed by atoms with van der Waals surface area (Å²) in [5, 5.41) is 1.74. The molecular formula is C13H17BrS. The molecule has 0 fully saturated rings. The molecule has 2 unspecified atom stereocenters. The summed E-state index contributed by atoms with van der Waals surface area (Å²) in [6.45, 7) is 2.28. The number of halogens is 1. The monoisotopic (exact) mass is 284 g/mol. The molecule has 2 heteroatoms. The van der Waals surface area contributed by atoms with E-state index >= 15 is 0 Å². The highest BCUT2D eigenvalue weighted by atomic mass is 79.9. The topological polar surface area (TPSA) is 0 Å². The summed E-state index contributed by atoms with van der Waals surface area (Å²) in [6, 6.07) is 8.98. The van der Waals surface area contributed by atoms with Crippen LogP contribution in [0, 0.1) is 0 Å².